The van der Waals surface area contributed by atoms with E-state index in [9.17, 15) is 19.6 Å². The van der Waals surface area contributed by atoms with Gasteiger partial charge >= 0.3 is 0 Å². The lowest BCUT2D eigenvalue weighted by molar-refractivity contribution is -0.385. The Labute approximate surface area is 147 Å². The van der Waals surface area contributed by atoms with Gasteiger partial charge in [0, 0.05) is 18.0 Å². The van der Waals surface area contributed by atoms with Crippen molar-refractivity contribution in [1.82, 2.24) is 4.98 Å². The van der Waals surface area contributed by atoms with E-state index in [1.807, 2.05) is 0 Å². The minimum Gasteiger partial charge on any atom is -0.493 e. The van der Waals surface area contributed by atoms with Gasteiger partial charge in [-0.1, -0.05) is 6.07 Å². The second-order valence-corrected chi connectivity index (χ2v) is 6.71. The summed E-state index contributed by atoms with van der Waals surface area (Å²) < 4.78 is 14.0. The van der Waals surface area contributed by atoms with Crippen molar-refractivity contribution in [2.75, 3.05) is 0 Å². The van der Waals surface area contributed by atoms with Crippen LogP contribution < -0.4 is 0 Å². The fourth-order valence-electron chi connectivity index (χ4n) is 3.07. The number of nitrogens with zero attached hydrogens (tertiary/aromatic N) is 2. The second-order valence-electron chi connectivity index (χ2n) is 5.75. The summed E-state index contributed by atoms with van der Waals surface area (Å²) in [5.41, 5.74) is 2.03. The van der Waals surface area contributed by atoms with Gasteiger partial charge in [-0.05, 0) is 42.9 Å². The number of nitro benzene ring substituents is 1. The lowest BCUT2D eigenvalue weighted by Gasteiger charge is -2.21. The van der Waals surface area contributed by atoms with Crippen molar-refractivity contribution < 1.29 is 14.4 Å². The Morgan fingerprint density at radius 2 is 2.08 bits per heavy atom. The number of thioether (sulfide) groups is 1. The molecular weight excluding hydrogens is 345 g/mol. The molecule has 0 saturated carbocycles. The van der Waals surface area contributed by atoms with Gasteiger partial charge in [0.05, 0.1) is 16.1 Å². The smallest absolute Gasteiger partial charge is 0.276 e. The predicted molar refractivity (Wildman–Crippen MR) is 93.0 cm³/mol. The van der Waals surface area contributed by atoms with Gasteiger partial charge in [0.15, 0.2) is 0 Å². The Morgan fingerprint density at radius 3 is 2.76 bits per heavy atom. The predicted octanol–water partition coefficient (Wildman–Crippen LogP) is 4.00. The molecule has 1 aromatic carbocycles. The Balaban J connectivity index is 1.97. The first kappa shape index (κ1) is 17.3. The van der Waals surface area contributed by atoms with Crippen LogP contribution in [0.3, 0.4) is 0 Å². The average Bonchev–Trinajstić information content (AvgIpc) is 2.60. The van der Waals surface area contributed by atoms with Crippen LogP contribution in [-0.4, -0.2) is 21.2 Å². The number of aromatic nitrogens is 1. The van der Waals surface area contributed by atoms with E-state index in [1.54, 1.807) is 0 Å². The monoisotopic (exact) mass is 361 g/mol. The summed E-state index contributed by atoms with van der Waals surface area (Å²) in [6, 6.07) is 3.78. The van der Waals surface area contributed by atoms with Crippen molar-refractivity contribution in [1.29, 1.82) is 5.41 Å². The van der Waals surface area contributed by atoms with Crippen LogP contribution in [0.15, 0.2) is 23.2 Å². The first-order valence-electron chi connectivity index (χ1n) is 7.82. The minimum atomic E-state index is -0.629. The van der Waals surface area contributed by atoms with Gasteiger partial charge in [0.25, 0.3) is 5.69 Å². The Bertz CT molecular complexity index is 858. The summed E-state index contributed by atoms with van der Waals surface area (Å²) in [6.07, 6.45) is 4.57. The zero-order valence-corrected chi connectivity index (χ0v) is 14.1. The lowest BCUT2D eigenvalue weighted by atomic mass is 9.90. The molecule has 1 aliphatic carbocycles. The highest BCUT2D eigenvalue weighted by atomic mass is 32.2. The first-order valence-corrected chi connectivity index (χ1v) is 8.81. The lowest BCUT2D eigenvalue weighted by Crippen LogP contribution is -2.10. The molecule has 0 spiro atoms. The van der Waals surface area contributed by atoms with Crippen molar-refractivity contribution in [2.45, 2.75) is 36.5 Å². The van der Waals surface area contributed by atoms with Crippen LogP contribution in [0.1, 0.15) is 35.1 Å². The van der Waals surface area contributed by atoms with Crippen LogP contribution in [0.5, 0.6) is 5.88 Å². The third kappa shape index (κ3) is 3.34. The highest BCUT2D eigenvalue weighted by Crippen LogP contribution is 2.37. The van der Waals surface area contributed by atoms with Gasteiger partial charge in [0.2, 0.25) is 5.88 Å². The SMILES string of the molecule is N=Cc1c(O)nc(SCc2c(F)cccc2[N+](=O)[O-])c2c1CCCC2. The number of aromatic hydroxyl groups is 1. The zero-order chi connectivity index (χ0) is 18.0. The molecule has 0 amide bonds. The molecule has 1 aliphatic rings. The van der Waals surface area contributed by atoms with E-state index in [2.05, 4.69) is 4.98 Å². The molecule has 25 heavy (non-hydrogen) atoms. The quantitative estimate of drug-likeness (QED) is 0.363. The van der Waals surface area contributed by atoms with Crippen molar-refractivity contribution >= 4 is 23.7 Å². The molecule has 2 aromatic rings. The minimum absolute atomic E-state index is 0.0134. The average molecular weight is 361 g/mol. The van der Waals surface area contributed by atoms with E-state index in [1.165, 1.54) is 30.0 Å². The zero-order valence-electron chi connectivity index (χ0n) is 13.3. The van der Waals surface area contributed by atoms with Crippen molar-refractivity contribution in [2.24, 2.45) is 0 Å². The highest BCUT2D eigenvalue weighted by Gasteiger charge is 2.23. The van der Waals surface area contributed by atoms with Crippen LogP contribution in [-0.2, 0) is 18.6 Å². The summed E-state index contributed by atoms with van der Waals surface area (Å²) >= 11 is 1.18. The maximum Gasteiger partial charge on any atom is 0.276 e. The molecule has 0 aliphatic heterocycles. The normalized spacial score (nSPS) is 13.3. The number of rotatable bonds is 5. The maximum absolute atomic E-state index is 14.0. The van der Waals surface area contributed by atoms with Gasteiger partial charge in [-0.25, -0.2) is 9.37 Å². The number of hydrogen-bond acceptors (Lipinski definition) is 6. The third-order valence-corrected chi connectivity index (χ3v) is 5.33. The summed E-state index contributed by atoms with van der Waals surface area (Å²) in [5.74, 6) is -0.802. The van der Waals surface area contributed by atoms with E-state index in [0.29, 0.717) is 10.6 Å². The molecule has 0 radical (unpaired) electrons. The van der Waals surface area contributed by atoms with E-state index < -0.39 is 10.7 Å². The topological polar surface area (TPSA) is 100 Å². The Kier molecular flexibility index (Phi) is 4.98. The molecule has 8 heteroatoms. The Morgan fingerprint density at radius 1 is 1.36 bits per heavy atom. The van der Waals surface area contributed by atoms with Crippen LogP contribution in [0, 0.1) is 21.3 Å². The van der Waals surface area contributed by atoms with Gasteiger partial charge < -0.3 is 10.5 Å². The molecule has 1 aromatic heterocycles. The number of hydrogen-bond donors (Lipinski definition) is 2. The van der Waals surface area contributed by atoms with E-state index in [0.717, 1.165) is 43.0 Å². The summed E-state index contributed by atoms with van der Waals surface area (Å²) in [4.78, 5) is 14.7. The summed E-state index contributed by atoms with van der Waals surface area (Å²) in [7, 11) is 0. The van der Waals surface area contributed by atoms with Crippen LogP contribution >= 0.6 is 11.8 Å². The molecule has 0 saturated heterocycles. The fraction of sp³-hybridized carbons (Fsp3) is 0.294. The Hall–Kier alpha value is -2.48. The molecule has 0 unspecified atom stereocenters. The fourth-order valence-corrected chi connectivity index (χ4v) is 4.19. The summed E-state index contributed by atoms with van der Waals surface area (Å²) in [5, 5.41) is 29.2. The standard InChI is InChI=1S/C17H16FN3O3S/c18-14-6-3-7-15(21(23)24)13(14)9-25-17-11-5-2-1-4-10(11)12(8-19)16(22)20-17/h3,6-8,19H,1-2,4-5,9H2,(H,20,22). The molecule has 6 nitrogen and oxygen atoms in total. The first-order chi connectivity index (χ1) is 12.0. The van der Waals surface area contributed by atoms with Gasteiger partial charge in [-0.15, -0.1) is 11.8 Å². The number of fused-ring (bicyclic) bond motifs is 1. The van der Waals surface area contributed by atoms with Gasteiger partial charge in [0.1, 0.15) is 10.8 Å². The number of pyridine rings is 1. The number of halogens is 1. The van der Waals surface area contributed by atoms with E-state index >= 15 is 0 Å². The van der Waals surface area contributed by atoms with E-state index in [-0.39, 0.29) is 22.9 Å². The summed E-state index contributed by atoms with van der Waals surface area (Å²) in [6.45, 7) is 0. The molecule has 0 fully saturated rings. The molecule has 3 rings (SSSR count). The highest BCUT2D eigenvalue weighted by molar-refractivity contribution is 7.98. The molecule has 0 atom stereocenters. The third-order valence-electron chi connectivity index (χ3n) is 4.29. The van der Waals surface area contributed by atoms with E-state index in [4.69, 9.17) is 5.41 Å². The maximum atomic E-state index is 14.0. The van der Waals surface area contributed by atoms with Crippen molar-refractivity contribution in [3.63, 3.8) is 0 Å². The van der Waals surface area contributed by atoms with Crippen molar-refractivity contribution in [3.8, 4) is 5.88 Å². The molecule has 0 bridgehead atoms. The molecule has 130 valence electrons. The van der Waals surface area contributed by atoms with Crippen LogP contribution in [0.25, 0.3) is 0 Å². The van der Waals surface area contributed by atoms with Crippen molar-refractivity contribution in [3.05, 3.63) is 56.4 Å². The van der Waals surface area contributed by atoms with Gasteiger partial charge in [-0.3, -0.25) is 10.1 Å². The number of nitrogens with one attached hydrogen (secondary N) is 1. The number of benzene rings is 1. The molecular formula is C17H16FN3O3S. The van der Waals surface area contributed by atoms with Crippen LogP contribution in [0.2, 0.25) is 0 Å². The number of nitro groups is 1. The largest absolute Gasteiger partial charge is 0.493 e. The molecule has 2 N–H and O–H groups in total. The molecule has 1 heterocycles. The van der Waals surface area contributed by atoms with Crippen LogP contribution in [0.4, 0.5) is 10.1 Å². The second kappa shape index (κ2) is 7.18. The van der Waals surface area contributed by atoms with Gasteiger partial charge in [-0.2, -0.15) is 0 Å².